The average molecular weight is 310 g/mol. The molecule has 0 spiro atoms. The van der Waals surface area contributed by atoms with Gasteiger partial charge in [0.1, 0.15) is 5.75 Å². The molecule has 1 aromatic carbocycles. The van der Waals surface area contributed by atoms with Crippen molar-refractivity contribution in [2.24, 2.45) is 12.8 Å². The van der Waals surface area contributed by atoms with Gasteiger partial charge < -0.3 is 10.5 Å². The van der Waals surface area contributed by atoms with Crippen LogP contribution in [-0.4, -0.2) is 9.78 Å². The molecule has 1 heterocycles. The van der Waals surface area contributed by atoms with Crippen LogP contribution in [0.25, 0.3) is 0 Å². The Morgan fingerprint density at radius 2 is 2.11 bits per heavy atom. The zero-order chi connectivity index (χ0) is 13.3. The van der Waals surface area contributed by atoms with Gasteiger partial charge in [0.05, 0.1) is 5.69 Å². The lowest BCUT2D eigenvalue weighted by Crippen LogP contribution is -2.07. The summed E-state index contributed by atoms with van der Waals surface area (Å²) in [6, 6.07) is 7.62. The van der Waals surface area contributed by atoms with E-state index in [1.54, 1.807) is 4.68 Å². The first-order valence-electron chi connectivity index (χ1n) is 5.71. The number of hydrogen-bond donors (Lipinski definition) is 1. The van der Waals surface area contributed by atoms with Gasteiger partial charge in [-0.05, 0) is 32.0 Å². The molecule has 1 aromatic heterocycles. The van der Waals surface area contributed by atoms with Gasteiger partial charge in [0, 0.05) is 29.2 Å². The van der Waals surface area contributed by atoms with E-state index in [-0.39, 0.29) is 6.04 Å². The Labute approximate surface area is 115 Å². The summed E-state index contributed by atoms with van der Waals surface area (Å²) in [6.07, 6.45) is 0. The molecule has 5 heteroatoms. The number of ether oxygens (including phenoxy) is 1. The van der Waals surface area contributed by atoms with E-state index in [2.05, 4.69) is 21.0 Å². The molecule has 0 bridgehead atoms. The first kappa shape index (κ1) is 13.1. The maximum Gasteiger partial charge on any atom is 0.217 e. The van der Waals surface area contributed by atoms with E-state index in [0.29, 0.717) is 5.88 Å². The smallest absolute Gasteiger partial charge is 0.217 e. The minimum absolute atomic E-state index is 0.0909. The van der Waals surface area contributed by atoms with Crippen LogP contribution in [0, 0.1) is 6.92 Å². The summed E-state index contributed by atoms with van der Waals surface area (Å²) < 4.78 is 8.58. The molecular formula is C13H16BrN3O. The van der Waals surface area contributed by atoms with Gasteiger partial charge in [-0.15, -0.1) is 0 Å². The lowest BCUT2D eigenvalue weighted by atomic mass is 10.1. The summed E-state index contributed by atoms with van der Waals surface area (Å²) in [5.74, 6) is 1.47. The minimum Gasteiger partial charge on any atom is -0.439 e. The Bertz CT molecular complexity index is 563. The molecule has 0 radical (unpaired) electrons. The van der Waals surface area contributed by atoms with Gasteiger partial charge >= 0.3 is 0 Å². The molecule has 0 aliphatic rings. The molecule has 0 saturated carbocycles. The lowest BCUT2D eigenvalue weighted by Gasteiger charge is -2.13. The quantitative estimate of drug-likeness (QED) is 0.946. The Morgan fingerprint density at radius 1 is 1.39 bits per heavy atom. The van der Waals surface area contributed by atoms with Crippen molar-refractivity contribution >= 4 is 15.9 Å². The van der Waals surface area contributed by atoms with E-state index in [0.717, 1.165) is 21.5 Å². The predicted molar refractivity (Wildman–Crippen MR) is 74.8 cm³/mol. The third kappa shape index (κ3) is 2.73. The Balaban J connectivity index is 2.37. The summed E-state index contributed by atoms with van der Waals surface area (Å²) in [5, 5.41) is 4.25. The van der Waals surface area contributed by atoms with Crippen LogP contribution >= 0.6 is 15.9 Å². The summed E-state index contributed by atoms with van der Waals surface area (Å²) in [6.45, 7) is 3.87. The SMILES string of the molecule is Cc1cc(Oc2ccc(Br)cc2C(C)N)n(C)n1. The molecule has 96 valence electrons. The first-order chi connectivity index (χ1) is 8.47. The summed E-state index contributed by atoms with van der Waals surface area (Å²) in [4.78, 5) is 0. The van der Waals surface area contributed by atoms with Crippen molar-refractivity contribution in [2.45, 2.75) is 19.9 Å². The highest BCUT2D eigenvalue weighted by Crippen LogP contribution is 2.31. The number of aryl methyl sites for hydroxylation is 2. The van der Waals surface area contributed by atoms with Crippen molar-refractivity contribution in [3.8, 4) is 11.6 Å². The van der Waals surface area contributed by atoms with E-state index in [1.807, 2.05) is 45.2 Å². The second-order valence-electron chi connectivity index (χ2n) is 4.32. The van der Waals surface area contributed by atoms with Gasteiger partial charge in [-0.25, -0.2) is 4.68 Å². The van der Waals surface area contributed by atoms with Crippen molar-refractivity contribution in [1.29, 1.82) is 0 Å². The number of nitrogens with two attached hydrogens (primary N) is 1. The predicted octanol–water partition coefficient (Wildman–Crippen LogP) is 3.30. The van der Waals surface area contributed by atoms with Crippen molar-refractivity contribution in [1.82, 2.24) is 9.78 Å². The topological polar surface area (TPSA) is 53.1 Å². The van der Waals surface area contributed by atoms with E-state index < -0.39 is 0 Å². The summed E-state index contributed by atoms with van der Waals surface area (Å²) in [7, 11) is 1.85. The van der Waals surface area contributed by atoms with Crippen molar-refractivity contribution in [3.05, 3.63) is 40.0 Å². The maximum absolute atomic E-state index is 5.96. The van der Waals surface area contributed by atoms with E-state index in [1.165, 1.54) is 0 Å². The number of hydrogen-bond acceptors (Lipinski definition) is 3. The highest BCUT2D eigenvalue weighted by Gasteiger charge is 2.12. The molecule has 1 unspecified atom stereocenters. The van der Waals surface area contributed by atoms with Crippen LogP contribution in [0.3, 0.4) is 0 Å². The highest BCUT2D eigenvalue weighted by atomic mass is 79.9. The number of rotatable bonds is 3. The normalized spacial score (nSPS) is 12.5. The molecule has 18 heavy (non-hydrogen) atoms. The molecule has 4 nitrogen and oxygen atoms in total. The van der Waals surface area contributed by atoms with Gasteiger partial charge in [0.15, 0.2) is 0 Å². The number of halogens is 1. The first-order valence-corrected chi connectivity index (χ1v) is 6.50. The van der Waals surface area contributed by atoms with Crippen LogP contribution in [0.15, 0.2) is 28.7 Å². The summed E-state index contributed by atoms with van der Waals surface area (Å²) >= 11 is 3.44. The molecule has 0 saturated heterocycles. The standard InChI is InChI=1S/C13H16BrN3O/c1-8-6-13(17(3)16-8)18-12-5-4-10(14)7-11(12)9(2)15/h4-7,9H,15H2,1-3H3. The van der Waals surface area contributed by atoms with Crippen molar-refractivity contribution in [2.75, 3.05) is 0 Å². The molecule has 2 aromatic rings. The lowest BCUT2D eigenvalue weighted by molar-refractivity contribution is 0.423. The Kier molecular flexibility index (Phi) is 3.73. The minimum atomic E-state index is -0.0909. The number of benzene rings is 1. The third-order valence-corrected chi connectivity index (χ3v) is 3.13. The zero-order valence-corrected chi connectivity index (χ0v) is 12.2. The molecule has 2 rings (SSSR count). The fraction of sp³-hybridized carbons (Fsp3) is 0.308. The van der Waals surface area contributed by atoms with Crippen LogP contribution in [-0.2, 0) is 7.05 Å². The van der Waals surface area contributed by atoms with Gasteiger partial charge in [0.25, 0.3) is 0 Å². The zero-order valence-electron chi connectivity index (χ0n) is 10.6. The van der Waals surface area contributed by atoms with Crippen molar-refractivity contribution < 1.29 is 4.74 Å². The monoisotopic (exact) mass is 309 g/mol. The molecular weight excluding hydrogens is 294 g/mol. The van der Waals surface area contributed by atoms with E-state index in [4.69, 9.17) is 10.5 Å². The maximum atomic E-state index is 5.96. The molecule has 0 fully saturated rings. The number of nitrogens with zero attached hydrogens (tertiary/aromatic N) is 2. The van der Waals surface area contributed by atoms with E-state index in [9.17, 15) is 0 Å². The van der Waals surface area contributed by atoms with Crippen LogP contribution in [0.2, 0.25) is 0 Å². The second-order valence-corrected chi connectivity index (χ2v) is 5.24. The molecule has 0 aliphatic heterocycles. The van der Waals surface area contributed by atoms with Crippen LogP contribution in [0.5, 0.6) is 11.6 Å². The molecule has 2 N–H and O–H groups in total. The molecule has 1 atom stereocenters. The van der Waals surface area contributed by atoms with Crippen LogP contribution in [0.4, 0.5) is 0 Å². The van der Waals surface area contributed by atoms with Gasteiger partial charge in [-0.1, -0.05) is 15.9 Å². The van der Waals surface area contributed by atoms with Crippen LogP contribution < -0.4 is 10.5 Å². The fourth-order valence-corrected chi connectivity index (χ4v) is 2.14. The van der Waals surface area contributed by atoms with Crippen LogP contribution in [0.1, 0.15) is 24.2 Å². The summed E-state index contributed by atoms with van der Waals surface area (Å²) in [5.41, 5.74) is 7.84. The van der Waals surface area contributed by atoms with Gasteiger partial charge in [-0.3, -0.25) is 0 Å². The molecule has 0 aliphatic carbocycles. The Morgan fingerprint density at radius 3 is 2.67 bits per heavy atom. The van der Waals surface area contributed by atoms with E-state index >= 15 is 0 Å². The van der Waals surface area contributed by atoms with Gasteiger partial charge in [-0.2, -0.15) is 5.10 Å². The average Bonchev–Trinajstić information content (AvgIpc) is 2.60. The number of aromatic nitrogens is 2. The van der Waals surface area contributed by atoms with Crippen molar-refractivity contribution in [3.63, 3.8) is 0 Å². The largest absolute Gasteiger partial charge is 0.439 e. The third-order valence-electron chi connectivity index (χ3n) is 2.64. The Hall–Kier alpha value is -1.33. The second kappa shape index (κ2) is 5.12. The highest BCUT2D eigenvalue weighted by molar-refractivity contribution is 9.10. The fourth-order valence-electron chi connectivity index (χ4n) is 1.76. The van der Waals surface area contributed by atoms with Gasteiger partial charge in [0.2, 0.25) is 5.88 Å². The molecule has 0 amide bonds.